The fraction of sp³-hybridized carbons (Fsp3) is 0.286. The van der Waals surface area contributed by atoms with Crippen molar-refractivity contribution in [2.75, 3.05) is 20.2 Å². The van der Waals surface area contributed by atoms with Crippen molar-refractivity contribution in [3.8, 4) is 5.75 Å². The summed E-state index contributed by atoms with van der Waals surface area (Å²) in [6.07, 6.45) is 0.0370. The largest absolute Gasteiger partial charge is 0.497 e. The molecule has 0 aromatic heterocycles. The molecule has 0 aliphatic carbocycles. The summed E-state index contributed by atoms with van der Waals surface area (Å²) in [6, 6.07) is 11.4. The van der Waals surface area contributed by atoms with E-state index in [0.717, 1.165) is 0 Å². The van der Waals surface area contributed by atoms with E-state index in [1.165, 1.54) is 29.2 Å². The van der Waals surface area contributed by atoms with Gasteiger partial charge in [-0.15, -0.1) is 0 Å². The Balaban J connectivity index is 1.67. The lowest BCUT2D eigenvalue weighted by Gasteiger charge is -2.35. The predicted molar refractivity (Wildman–Crippen MR) is 100 cm³/mol. The summed E-state index contributed by atoms with van der Waals surface area (Å²) in [6.45, 7) is 0.679. The molecule has 0 saturated carbocycles. The SMILES string of the molecule is COc1ccc(C(=O)CCC(=O)N2CCNC(=O)C2c2ccc(F)cc2)cc1. The Morgan fingerprint density at radius 2 is 1.79 bits per heavy atom. The molecule has 2 aromatic rings. The molecule has 6 nitrogen and oxygen atoms in total. The zero-order chi connectivity index (χ0) is 20.1. The summed E-state index contributed by atoms with van der Waals surface area (Å²) in [4.78, 5) is 38.9. The maximum Gasteiger partial charge on any atom is 0.247 e. The number of benzene rings is 2. The lowest BCUT2D eigenvalue weighted by molar-refractivity contribution is -0.143. The van der Waals surface area contributed by atoms with Crippen molar-refractivity contribution >= 4 is 17.6 Å². The summed E-state index contributed by atoms with van der Waals surface area (Å²) in [5.74, 6) is -0.522. The first-order chi connectivity index (χ1) is 13.5. The van der Waals surface area contributed by atoms with E-state index in [2.05, 4.69) is 5.32 Å². The minimum Gasteiger partial charge on any atom is -0.497 e. The van der Waals surface area contributed by atoms with Crippen LogP contribution in [0.25, 0.3) is 0 Å². The van der Waals surface area contributed by atoms with E-state index in [9.17, 15) is 18.8 Å². The molecule has 1 N–H and O–H groups in total. The van der Waals surface area contributed by atoms with Crippen molar-refractivity contribution in [1.82, 2.24) is 10.2 Å². The minimum atomic E-state index is -0.821. The molecule has 7 heteroatoms. The number of nitrogens with zero attached hydrogens (tertiary/aromatic N) is 1. The van der Waals surface area contributed by atoms with E-state index >= 15 is 0 Å². The molecule has 2 aromatic carbocycles. The molecule has 0 spiro atoms. The van der Waals surface area contributed by atoms with Crippen molar-refractivity contribution in [1.29, 1.82) is 0 Å². The molecule has 2 amide bonds. The maximum atomic E-state index is 13.2. The van der Waals surface area contributed by atoms with Crippen LogP contribution in [-0.2, 0) is 9.59 Å². The smallest absolute Gasteiger partial charge is 0.247 e. The maximum absolute atomic E-state index is 13.2. The number of halogens is 1. The zero-order valence-corrected chi connectivity index (χ0v) is 15.5. The predicted octanol–water partition coefficient (Wildman–Crippen LogP) is 2.50. The van der Waals surface area contributed by atoms with Gasteiger partial charge in [0, 0.05) is 31.5 Å². The normalized spacial score (nSPS) is 16.4. The van der Waals surface area contributed by atoms with Gasteiger partial charge in [-0.2, -0.15) is 0 Å². The first-order valence-electron chi connectivity index (χ1n) is 8.99. The highest BCUT2D eigenvalue weighted by Crippen LogP contribution is 2.25. The minimum absolute atomic E-state index is 0.00413. The molecule has 1 fully saturated rings. The van der Waals surface area contributed by atoms with E-state index < -0.39 is 11.9 Å². The van der Waals surface area contributed by atoms with E-state index in [0.29, 0.717) is 30.0 Å². The van der Waals surface area contributed by atoms with Crippen LogP contribution in [-0.4, -0.2) is 42.7 Å². The van der Waals surface area contributed by atoms with E-state index in [1.54, 1.807) is 31.4 Å². The average Bonchev–Trinajstić information content (AvgIpc) is 2.72. The fourth-order valence-corrected chi connectivity index (χ4v) is 3.20. The van der Waals surface area contributed by atoms with Gasteiger partial charge in [-0.05, 0) is 42.0 Å². The lowest BCUT2D eigenvalue weighted by atomic mass is 10.0. The zero-order valence-electron chi connectivity index (χ0n) is 15.5. The summed E-state index contributed by atoms with van der Waals surface area (Å²) in [5, 5.41) is 2.73. The highest BCUT2D eigenvalue weighted by molar-refractivity contribution is 5.98. The molecule has 1 unspecified atom stereocenters. The third-order valence-electron chi connectivity index (χ3n) is 4.70. The van der Waals surface area contributed by atoms with Crippen LogP contribution in [0.15, 0.2) is 48.5 Å². The second-order valence-corrected chi connectivity index (χ2v) is 6.48. The Bertz CT molecular complexity index is 865. The standard InChI is InChI=1S/C21H21FN2O4/c1-28-17-8-4-14(5-9-17)18(25)10-11-19(26)24-13-12-23-21(27)20(24)15-2-6-16(22)7-3-15/h2-9,20H,10-13H2,1H3,(H,23,27). The van der Waals surface area contributed by atoms with Crippen LogP contribution in [0.5, 0.6) is 5.75 Å². The number of ether oxygens (including phenoxy) is 1. The molecule has 1 atom stereocenters. The number of piperazine rings is 1. The second-order valence-electron chi connectivity index (χ2n) is 6.48. The lowest BCUT2D eigenvalue weighted by Crippen LogP contribution is -2.52. The number of ketones is 1. The van der Waals surface area contributed by atoms with Crippen molar-refractivity contribution in [3.63, 3.8) is 0 Å². The fourth-order valence-electron chi connectivity index (χ4n) is 3.20. The number of carbonyl (C=O) groups excluding carboxylic acids is 3. The summed E-state index contributed by atoms with van der Waals surface area (Å²) >= 11 is 0. The summed E-state index contributed by atoms with van der Waals surface area (Å²) in [7, 11) is 1.54. The molecular weight excluding hydrogens is 363 g/mol. The highest BCUT2D eigenvalue weighted by atomic mass is 19.1. The number of carbonyl (C=O) groups is 3. The van der Waals surface area contributed by atoms with Crippen LogP contribution in [0.2, 0.25) is 0 Å². The van der Waals surface area contributed by atoms with Gasteiger partial charge >= 0.3 is 0 Å². The van der Waals surface area contributed by atoms with Crippen molar-refractivity contribution < 1.29 is 23.5 Å². The monoisotopic (exact) mass is 384 g/mol. The third kappa shape index (κ3) is 4.36. The summed E-state index contributed by atoms with van der Waals surface area (Å²) < 4.78 is 18.3. The van der Waals surface area contributed by atoms with Gasteiger partial charge in [-0.1, -0.05) is 12.1 Å². The first kappa shape index (κ1) is 19.5. The van der Waals surface area contributed by atoms with Crippen LogP contribution >= 0.6 is 0 Å². The summed E-state index contributed by atoms with van der Waals surface area (Å²) in [5.41, 5.74) is 1.04. The number of rotatable bonds is 6. The van der Waals surface area contributed by atoms with Gasteiger partial charge in [-0.3, -0.25) is 14.4 Å². The molecule has 3 rings (SSSR count). The Morgan fingerprint density at radius 3 is 2.43 bits per heavy atom. The molecule has 0 radical (unpaired) electrons. The number of methoxy groups -OCH3 is 1. The van der Waals surface area contributed by atoms with Crippen LogP contribution in [0.4, 0.5) is 4.39 Å². The van der Waals surface area contributed by atoms with Gasteiger partial charge < -0.3 is 15.0 Å². The molecular formula is C21H21FN2O4. The van der Waals surface area contributed by atoms with Crippen LogP contribution < -0.4 is 10.1 Å². The van der Waals surface area contributed by atoms with E-state index in [-0.39, 0.29) is 30.4 Å². The number of hydrogen-bond donors (Lipinski definition) is 1. The first-order valence-corrected chi connectivity index (χ1v) is 8.99. The van der Waals surface area contributed by atoms with Crippen LogP contribution in [0.3, 0.4) is 0 Å². The highest BCUT2D eigenvalue weighted by Gasteiger charge is 2.34. The molecule has 1 saturated heterocycles. The topological polar surface area (TPSA) is 75.7 Å². The number of Topliss-reactive ketones (excluding diaryl/α,β-unsaturated/α-hetero) is 1. The quantitative estimate of drug-likeness (QED) is 0.777. The Labute approximate surface area is 162 Å². The Kier molecular flexibility index (Phi) is 6.03. The number of hydrogen-bond acceptors (Lipinski definition) is 4. The Hall–Kier alpha value is -3.22. The van der Waals surface area contributed by atoms with Gasteiger partial charge in [0.25, 0.3) is 0 Å². The Morgan fingerprint density at radius 1 is 1.11 bits per heavy atom. The number of amides is 2. The van der Waals surface area contributed by atoms with Crippen LogP contribution in [0, 0.1) is 5.82 Å². The van der Waals surface area contributed by atoms with Gasteiger partial charge in [-0.25, -0.2) is 4.39 Å². The third-order valence-corrected chi connectivity index (χ3v) is 4.70. The van der Waals surface area contributed by atoms with E-state index in [4.69, 9.17) is 4.74 Å². The molecule has 0 bridgehead atoms. The van der Waals surface area contributed by atoms with Gasteiger partial charge in [0.2, 0.25) is 11.8 Å². The van der Waals surface area contributed by atoms with Gasteiger partial charge in [0.1, 0.15) is 17.6 Å². The van der Waals surface area contributed by atoms with E-state index in [1.807, 2.05) is 0 Å². The molecule has 28 heavy (non-hydrogen) atoms. The van der Waals surface area contributed by atoms with Crippen LogP contribution in [0.1, 0.15) is 34.8 Å². The average molecular weight is 384 g/mol. The van der Waals surface area contributed by atoms with Gasteiger partial charge in [0.05, 0.1) is 7.11 Å². The van der Waals surface area contributed by atoms with Gasteiger partial charge in [0.15, 0.2) is 5.78 Å². The van der Waals surface area contributed by atoms with Crippen molar-refractivity contribution in [3.05, 3.63) is 65.5 Å². The number of nitrogens with one attached hydrogen (secondary N) is 1. The molecule has 1 aliphatic heterocycles. The van der Waals surface area contributed by atoms with Crippen molar-refractivity contribution in [2.45, 2.75) is 18.9 Å². The molecule has 1 aliphatic rings. The molecule has 1 heterocycles. The molecule has 146 valence electrons. The second kappa shape index (κ2) is 8.65. The van der Waals surface area contributed by atoms with Crippen molar-refractivity contribution in [2.24, 2.45) is 0 Å².